The lowest BCUT2D eigenvalue weighted by Gasteiger charge is -2.23. The van der Waals surface area contributed by atoms with E-state index in [4.69, 9.17) is 4.84 Å². The summed E-state index contributed by atoms with van der Waals surface area (Å²) in [5.74, 6) is 5.07. The molecule has 1 atom stereocenters. The third kappa shape index (κ3) is 3.77. The van der Waals surface area contributed by atoms with Gasteiger partial charge in [-0.25, -0.2) is 18.7 Å². The Hall–Kier alpha value is -4.22. The van der Waals surface area contributed by atoms with Gasteiger partial charge in [-0.2, -0.15) is 10.2 Å². The molecule has 7 nitrogen and oxygen atoms in total. The van der Waals surface area contributed by atoms with Crippen LogP contribution in [0.15, 0.2) is 73.1 Å². The monoisotopic (exact) mass is 427 g/mol. The van der Waals surface area contributed by atoms with Crippen molar-refractivity contribution in [2.45, 2.75) is 12.5 Å². The van der Waals surface area contributed by atoms with Gasteiger partial charge in [-0.1, -0.05) is 42.3 Å². The quantitative estimate of drug-likeness (QED) is 0.487. The Kier molecular flexibility index (Phi) is 5.24. The molecule has 2 aromatic heterocycles. The molecular weight excluding hydrogens is 409 g/mol. The third-order valence-electron chi connectivity index (χ3n) is 5.13. The van der Waals surface area contributed by atoms with E-state index in [0.29, 0.717) is 24.4 Å². The Morgan fingerprint density at radius 3 is 2.84 bits per heavy atom. The summed E-state index contributed by atoms with van der Waals surface area (Å²) in [6, 6.07) is 17.1. The first kappa shape index (κ1) is 19.7. The van der Waals surface area contributed by atoms with Gasteiger partial charge in [0, 0.05) is 12.6 Å². The number of hydrogen-bond acceptors (Lipinski definition) is 4. The lowest BCUT2D eigenvalue weighted by atomic mass is 10.1. The third-order valence-corrected chi connectivity index (χ3v) is 5.13. The molecule has 0 aliphatic carbocycles. The number of imidazole rings is 1. The van der Waals surface area contributed by atoms with Crippen molar-refractivity contribution in [2.75, 3.05) is 11.9 Å². The SMILES string of the molecule is O=C(Nc1cccc(C#Cc2cnc3cccnn23)c1F)N1OCC[C@H]1c1ccccc1. The Bertz CT molecular complexity index is 1340. The predicted molar refractivity (Wildman–Crippen MR) is 116 cm³/mol. The second-order valence-electron chi connectivity index (χ2n) is 7.16. The minimum Gasteiger partial charge on any atom is -0.303 e. The van der Waals surface area contributed by atoms with E-state index >= 15 is 4.39 Å². The number of aromatic nitrogens is 3. The highest BCUT2D eigenvalue weighted by atomic mass is 19.1. The molecule has 0 unspecified atom stereocenters. The molecule has 5 rings (SSSR count). The van der Waals surface area contributed by atoms with Crippen LogP contribution in [-0.2, 0) is 4.84 Å². The van der Waals surface area contributed by atoms with Crippen LogP contribution in [0.1, 0.15) is 29.3 Å². The molecule has 2 amide bonds. The second-order valence-corrected chi connectivity index (χ2v) is 7.16. The highest BCUT2D eigenvalue weighted by molar-refractivity contribution is 5.89. The number of nitrogens with zero attached hydrogens (tertiary/aromatic N) is 4. The molecule has 1 aliphatic heterocycles. The highest BCUT2D eigenvalue weighted by Crippen LogP contribution is 2.31. The van der Waals surface area contributed by atoms with Gasteiger partial charge in [0.05, 0.1) is 30.1 Å². The Labute approximate surface area is 183 Å². The number of carbonyl (C=O) groups excluding carboxylic acids is 1. The van der Waals surface area contributed by atoms with E-state index in [2.05, 4.69) is 27.2 Å². The van der Waals surface area contributed by atoms with Crippen LogP contribution < -0.4 is 5.32 Å². The summed E-state index contributed by atoms with van der Waals surface area (Å²) in [7, 11) is 0. The average molecular weight is 427 g/mol. The standard InChI is InChI=1S/C24H18FN5O2/c25-23-18(11-12-19-16-26-22-10-5-14-27-29(19)22)8-4-9-20(23)28-24(31)30-21(13-15-32-30)17-6-2-1-3-7-17/h1-10,14,16,21H,13,15H2,(H,28,31)/t21-/m0/s1. The molecule has 1 N–H and O–H groups in total. The largest absolute Gasteiger partial charge is 0.346 e. The van der Waals surface area contributed by atoms with E-state index in [-0.39, 0.29) is 17.3 Å². The van der Waals surface area contributed by atoms with Gasteiger partial charge in [0.1, 0.15) is 5.69 Å². The van der Waals surface area contributed by atoms with Crippen LogP contribution in [0.5, 0.6) is 0 Å². The van der Waals surface area contributed by atoms with Crippen LogP contribution in [0.25, 0.3) is 5.65 Å². The number of benzene rings is 2. The molecule has 3 heterocycles. The summed E-state index contributed by atoms with van der Waals surface area (Å²) in [6.45, 7) is 0.411. The number of hydrogen-bond donors (Lipinski definition) is 1. The number of rotatable bonds is 2. The lowest BCUT2D eigenvalue weighted by molar-refractivity contribution is -0.0830. The van der Waals surface area contributed by atoms with Gasteiger partial charge >= 0.3 is 6.03 Å². The fourth-order valence-corrected chi connectivity index (χ4v) is 3.59. The number of nitrogens with one attached hydrogen (secondary N) is 1. The molecule has 2 aromatic carbocycles. The van der Waals surface area contributed by atoms with E-state index in [0.717, 1.165) is 5.56 Å². The molecule has 32 heavy (non-hydrogen) atoms. The van der Waals surface area contributed by atoms with Crippen molar-refractivity contribution >= 4 is 17.4 Å². The number of anilines is 1. The fraction of sp³-hybridized carbons (Fsp3) is 0.125. The van der Waals surface area contributed by atoms with E-state index in [9.17, 15) is 4.79 Å². The number of urea groups is 1. The molecule has 1 aliphatic rings. The van der Waals surface area contributed by atoms with Gasteiger partial charge in [0.2, 0.25) is 0 Å². The molecule has 0 bridgehead atoms. The highest BCUT2D eigenvalue weighted by Gasteiger charge is 2.32. The number of hydroxylamine groups is 2. The van der Waals surface area contributed by atoms with Gasteiger partial charge in [0.25, 0.3) is 0 Å². The summed E-state index contributed by atoms with van der Waals surface area (Å²) >= 11 is 0. The zero-order valence-corrected chi connectivity index (χ0v) is 16.9. The first-order valence-corrected chi connectivity index (χ1v) is 10.1. The van der Waals surface area contributed by atoms with E-state index in [1.165, 1.54) is 11.1 Å². The molecule has 0 saturated carbocycles. The molecule has 8 heteroatoms. The van der Waals surface area contributed by atoms with Gasteiger partial charge in [-0.15, -0.1) is 0 Å². The zero-order chi connectivity index (χ0) is 21.9. The second kappa shape index (κ2) is 8.49. The van der Waals surface area contributed by atoms with Gasteiger partial charge in [-0.3, -0.25) is 4.84 Å². The van der Waals surface area contributed by atoms with Crippen molar-refractivity contribution in [3.63, 3.8) is 0 Å². The van der Waals surface area contributed by atoms with Crippen molar-refractivity contribution < 1.29 is 14.0 Å². The molecule has 4 aromatic rings. The first-order valence-electron chi connectivity index (χ1n) is 10.1. The molecule has 1 saturated heterocycles. The maximum absolute atomic E-state index is 15.1. The summed E-state index contributed by atoms with van der Waals surface area (Å²) < 4.78 is 16.6. The lowest BCUT2D eigenvalue weighted by Crippen LogP contribution is -2.33. The number of halogens is 1. The van der Waals surface area contributed by atoms with Gasteiger partial charge in [-0.05, 0) is 35.7 Å². The average Bonchev–Trinajstić information content (AvgIpc) is 3.48. The maximum Gasteiger partial charge on any atom is 0.346 e. The minimum atomic E-state index is -0.620. The first-order chi connectivity index (χ1) is 15.7. The van der Waals surface area contributed by atoms with Crippen molar-refractivity contribution in [1.82, 2.24) is 19.7 Å². The maximum atomic E-state index is 15.1. The number of carbonyl (C=O) groups is 1. The van der Waals surface area contributed by atoms with Crippen LogP contribution in [0.4, 0.5) is 14.9 Å². The smallest absolute Gasteiger partial charge is 0.303 e. The molecule has 0 radical (unpaired) electrons. The van der Waals surface area contributed by atoms with Crippen LogP contribution in [0, 0.1) is 17.7 Å². The molecular formula is C24H18FN5O2. The number of amides is 2. The molecule has 0 spiro atoms. The number of fused-ring (bicyclic) bond motifs is 1. The summed E-state index contributed by atoms with van der Waals surface area (Å²) in [6.07, 6.45) is 3.87. The van der Waals surface area contributed by atoms with Gasteiger partial charge < -0.3 is 5.32 Å². The van der Waals surface area contributed by atoms with Crippen molar-refractivity contribution in [1.29, 1.82) is 0 Å². The van der Waals surface area contributed by atoms with Crippen LogP contribution in [0.2, 0.25) is 0 Å². The Balaban J connectivity index is 1.37. The van der Waals surface area contributed by atoms with Crippen molar-refractivity contribution in [2.24, 2.45) is 0 Å². The summed E-state index contributed by atoms with van der Waals surface area (Å²) in [5.41, 5.74) is 2.32. The van der Waals surface area contributed by atoms with E-state index in [1.54, 1.807) is 41.2 Å². The summed E-state index contributed by atoms with van der Waals surface area (Å²) in [5, 5.41) is 8.06. The normalized spacial score (nSPS) is 15.4. The van der Waals surface area contributed by atoms with Crippen molar-refractivity contribution in [3.05, 3.63) is 95.7 Å². The topological polar surface area (TPSA) is 71.8 Å². The predicted octanol–water partition coefficient (Wildman–Crippen LogP) is 4.18. The van der Waals surface area contributed by atoms with E-state index in [1.807, 2.05) is 30.3 Å². The Morgan fingerprint density at radius 2 is 1.97 bits per heavy atom. The van der Waals surface area contributed by atoms with E-state index < -0.39 is 11.8 Å². The van der Waals surface area contributed by atoms with Crippen molar-refractivity contribution in [3.8, 4) is 11.8 Å². The minimum absolute atomic E-state index is 0.0281. The molecule has 158 valence electrons. The van der Waals surface area contributed by atoms with Crippen LogP contribution >= 0.6 is 0 Å². The van der Waals surface area contributed by atoms with Gasteiger partial charge in [0.15, 0.2) is 11.5 Å². The fourth-order valence-electron chi connectivity index (χ4n) is 3.59. The van der Waals surface area contributed by atoms with Crippen LogP contribution in [-0.4, -0.2) is 32.3 Å². The van der Waals surface area contributed by atoms with Crippen LogP contribution in [0.3, 0.4) is 0 Å². The molecule has 1 fully saturated rings. The Morgan fingerprint density at radius 1 is 1.09 bits per heavy atom. The zero-order valence-electron chi connectivity index (χ0n) is 16.9. The summed E-state index contributed by atoms with van der Waals surface area (Å²) in [4.78, 5) is 22.6.